The maximum atomic E-state index is 13.0. The molecule has 2 aromatic rings. The molecule has 8 heteroatoms. The highest BCUT2D eigenvalue weighted by atomic mass is 32.2. The zero-order chi connectivity index (χ0) is 19.3. The van der Waals surface area contributed by atoms with Crippen LogP contribution in [0.4, 0.5) is 5.69 Å². The molecule has 0 fully saturated rings. The van der Waals surface area contributed by atoms with Crippen LogP contribution in [0.5, 0.6) is 0 Å². The summed E-state index contributed by atoms with van der Waals surface area (Å²) < 4.78 is 36.2. The van der Waals surface area contributed by atoms with E-state index in [0.717, 1.165) is 9.87 Å². The number of esters is 2. The van der Waals surface area contributed by atoms with Crippen molar-refractivity contribution in [2.24, 2.45) is 0 Å². The molecule has 138 valence electrons. The second-order valence-corrected chi connectivity index (χ2v) is 7.30. The van der Waals surface area contributed by atoms with Gasteiger partial charge in [0.25, 0.3) is 10.0 Å². The maximum Gasteiger partial charge on any atom is 0.337 e. The molecule has 7 nitrogen and oxygen atoms in total. The molecule has 2 rings (SSSR count). The van der Waals surface area contributed by atoms with Gasteiger partial charge in [0.2, 0.25) is 0 Å². The number of hydrogen-bond donors (Lipinski definition) is 0. The molecule has 0 radical (unpaired) electrons. The first-order valence-corrected chi connectivity index (χ1v) is 9.08. The lowest BCUT2D eigenvalue weighted by Crippen LogP contribution is -2.36. The highest BCUT2D eigenvalue weighted by Crippen LogP contribution is 2.24. The largest absolute Gasteiger partial charge is 0.468 e. The Labute approximate surface area is 152 Å². The molecule has 0 bridgehead atoms. The van der Waals surface area contributed by atoms with Crippen LogP contribution < -0.4 is 4.31 Å². The van der Waals surface area contributed by atoms with Crippen LogP contribution >= 0.6 is 0 Å². The lowest BCUT2D eigenvalue weighted by atomic mass is 10.2. The smallest absolute Gasteiger partial charge is 0.337 e. The molecular formula is C18H19NO6S. The van der Waals surface area contributed by atoms with Crippen LogP contribution in [-0.2, 0) is 24.3 Å². The molecule has 0 atom stereocenters. The van der Waals surface area contributed by atoms with Gasteiger partial charge in [0.1, 0.15) is 6.54 Å². The SMILES string of the molecule is COC(=O)CN(c1ccc(C(=O)OC)cc1)S(=O)(=O)c1ccc(C)cc1. The zero-order valence-corrected chi connectivity index (χ0v) is 15.4. The zero-order valence-electron chi connectivity index (χ0n) is 14.6. The third-order valence-corrected chi connectivity index (χ3v) is 5.47. The van der Waals surface area contributed by atoms with Gasteiger partial charge in [0, 0.05) is 0 Å². The average molecular weight is 377 g/mol. The van der Waals surface area contributed by atoms with Crippen LogP contribution in [-0.4, -0.2) is 41.1 Å². The highest BCUT2D eigenvalue weighted by Gasteiger charge is 2.27. The van der Waals surface area contributed by atoms with E-state index in [9.17, 15) is 18.0 Å². The molecule has 26 heavy (non-hydrogen) atoms. The van der Waals surface area contributed by atoms with Crippen molar-refractivity contribution in [3.8, 4) is 0 Å². The van der Waals surface area contributed by atoms with Crippen molar-refractivity contribution in [1.29, 1.82) is 0 Å². The van der Waals surface area contributed by atoms with E-state index in [0.29, 0.717) is 0 Å². The first kappa shape index (κ1) is 19.5. The molecular weight excluding hydrogens is 358 g/mol. The number of aryl methyl sites for hydroxylation is 1. The predicted octanol–water partition coefficient (Wildman–Crippen LogP) is 2.15. The van der Waals surface area contributed by atoms with Crippen molar-refractivity contribution in [3.63, 3.8) is 0 Å². The van der Waals surface area contributed by atoms with Gasteiger partial charge in [-0.15, -0.1) is 0 Å². The maximum absolute atomic E-state index is 13.0. The average Bonchev–Trinajstić information content (AvgIpc) is 2.65. The van der Waals surface area contributed by atoms with E-state index in [1.54, 1.807) is 12.1 Å². The minimum Gasteiger partial charge on any atom is -0.468 e. The molecule has 0 saturated carbocycles. The highest BCUT2D eigenvalue weighted by molar-refractivity contribution is 7.92. The van der Waals surface area contributed by atoms with Gasteiger partial charge < -0.3 is 9.47 Å². The van der Waals surface area contributed by atoms with E-state index in [1.807, 2.05) is 6.92 Å². The number of anilines is 1. The van der Waals surface area contributed by atoms with Crippen LogP contribution in [0.15, 0.2) is 53.4 Å². The molecule has 0 saturated heterocycles. The number of ether oxygens (including phenoxy) is 2. The van der Waals surface area contributed by atoms with E-state index < -0.39 is 28.5 Å². The molecule has 0 heterocycles. The summed E-state index contributed by atoms with van der Waals surface area (Å²) in [6, 6.07) is 12.0. The van der Waals surface area contributed by atoms with Crippen molar-refractivity contribution >= 4 is 27.6 Å². The summed E-state index contributed by atoms with van der Waals surface area (Å²) in [5, 5.41) is 0. The normalized spacial score (nSPS) is 10.9. The molecule has 2 aromatic carbocycles. The molecule has 0 amide bonds. The van der Waals surface area contributed by atoms with Gasteiger partial charge in [0.05, 0.1) is 30.4 Å². The Hall–Kier alpha value is -2.87. The van der Waals surface area contributed by atoms with Crippen molar-refractivity contribution < 1.29 is 27.5 Å². The number of benzene rings is 2. The van der Waals surface area contributed by atoms with Crippen LogP contribution in [0.2, 0.25) is 0 Å². The number of hydrogen-bond acceptors (Lipinski definition) is 6. The van der Waals surface area contributed by atoms with Crippen molar-refractivity contribution in [1.82, 2.24) is 0 Å². The molecule has 0 aliphatic carbocycles. The fourth-order valence-corrected chi connectivity index (χ4v) is 3.63. The summed E-state index contributed by atoms with van der Waals surface area (Å²) >= 11 is 0. The van der Waals surface area contributed by atoms with Crippen LogP contribution in [0.25, 0.3) is 0 Å². The van der Waals surface area contributed by atoms with Crippen LogP contribution in [0, 0.1) is 6.92 Å². The summed E-state index contributed by atoms with van der Waals surface area (Å²) in [5.41, 5.74) is 1.40. The monoisotopic (exact) mass is 377 g/mol. The second kappa shape index (κ2) is 8.01. The Morgan fingerprint density at radius 1 is 0.923 bits per heavy atom. The minimum atomic E-state index is -4.00. The molecule has 0 aromatic heterocycles. The van der Waals surface area contributed by atoms with Gasteiger partial charge in [0.15, 0.2) is 0 Å². The fourth-order valence-electron chi connectivity index (χ4n) is 2.22. The van der Waals surface area contributed by atoms with Gasteiger partial charge >= 0.3 is 11.9 Å². The van der Waals surface area contributed by atoms with Crippen molar-refractivity contribution in [2.75, 3.05) is 25.1 Å². The summed E-state index contributed by atoms with van der Waals surface area (Å²) in [4.78, 5) is 23.3. The van der Waals surface area contributed by atoms with Crippen LogP contribution in [0.3, 0.4) is 0 Å². The Morgan fingerprint density at radius 3 is 2.00 bits per heavy atom. The Bertz CT molecular complexity index is 888. The molecule has 0 N–H and O–H groups in total. The van der Waals surface area contributed by atoms with Gasteiger partial charge in [-0.2, -0.15) is 0 Å². The third kappa shape index (κ3) is 4.20. The number of methoxy groups -OCH3 is 2. The van der Waals surface area contributed by atoms with Crippen LogP contribution in [0.1, 0.15) is 15.9 Å². The van der Waals surface area contributed by atoms with Gasteiger partial charge in [-0.1, -0.05) is 17.7 Å². The molecule has 0 spiro atoms. The Morgan fingerprint density at radius 2 is 1.50 bits per heavy atom. The van der Waals surface area contributed by atoms with E-state index in [-0.39, 0.29) is 16.1 Å². The summed E-state index contributed by atoms with van der Waals surface area (Å²) in [6.07, 6.45) is 0. The van der Waals surface area contributed by atoms with E-state index in [4.69, 9.17) is 0 Å². The molecule has 0 aliphatic rings. The molecule has 0 aliphatic heterocycles. The van der Waals surface area contributed by atoms with E-state index in [1.165, 1.54) is 50.6 Å². The number of sulfonamides is 1. The lowest BCUT2D eigenvalue weighted by molar-refractivity contribution is -0.138. The first-order chi connectivity index (χ1) is 12.3. The lowest BCUT2D eigenvalue weighted by Gasteiger charge is -2.23. The van der Waals surface area contributed by atoms with Crippen molar-refractivity contribution in [3.05, 3.63) is 59.7 Å². The van der Waals surface area contributed by atoms with Gasteiger partial charge in [-0.3, -0.25) is 9.10 Å². The van der Waals surface area contributed by atoms with Gasteiger partial charge in [-0.05, 0) is 43.3 Å². The Kier molecular flexibility index (Phi) is 5.99. The topological polar surface area (TPSA) is 90.0 Å². The summed E-state index contributed by atoms with van der Waals surface area (Å²) in [7, 11) is -1.57. The number of carbonyl (C=O) groups is 2. The van der Waals surface area contributed by atoms with E-state index in [2.05, 4.69) is 9.47 Å². The minimum absolute atomic E-state index is 0.0454. The standard InChI is InChI=1S/C18H19NO6S/c1-13-4-10-16(11-5-13)26(22,23)19(12-17(20)24-2)15-8-6-14(7-9-15)18(21)25-3/h4-11H,12H2,1-3H3. The fraction of sp³-hybridized carbons (Fsp3) is 0.222. The van der Waals surface area contributed by atoms with E-state index >= 15 is 0 Å². The Balaban J connectivity index is 2.47. The summed E-state index contributed by atoms with van der Waals surface area (Å²) in [6.45, 7) is 1.35. The molecule has 0 unspecified atom stereocenters. The third-order valence-electron chi connectivity index (χ3n) is 3.69. The van der Waals surface area contributed by atoms with Crippen molar-refractivity contribution in [2.45, 2.75) is 11.8 Å². The first-order valence-electron chi connectivity index (χ1n) is 7.64. The predicted molar refractivity (Wildman–Crippen MR) is 95.5 cm³/mol. The second-order valence-electron chi connectivity index (χ2n) is 5.44. The number of nitrogens with zero attached hydrogens (tertiary/aromatic N) is 1. The quantitative estimate of drug-likeness (QED) is 0.717. The van der Waals surface area contributed by atoms with Gasteiger partial charge in [-0.25, -0.2) is 13.2 Å². The number of rotatable bonds is 6. The number of carbonyl (C=O) groups excluding carboxylic acids is 2. The summed E-state index contributed by atoms with van der Waals surface area (Å²) in [5.74, 6) is -1.25.